The van der Waals surface area contributed by atoms with Gasteiger partial charge in [-0.05, 0) is 48.5 Å². The van der Waals surface area contributed by atoms with Crippen molar-refractivity contribution in [1.82, 2.24) is 0 Å². The molecular formula is C28H37NO4Si. The zero-order valence-corrected chi connectivity index (χ0v) is 22.0. The van der Waals surface area contributed by atoms with E-state index < -0.39 is 20.4 Å². The molecule has 0 saturated carbocycles. The topological polar surface area (TPSA) is 57.1 Å². The molecule has 0 amide bonds. The lowest BCUT2D eigenvalue weighted by Crippen LogP contribution is -2.69. The first-order valence-corrected chi connectivity index (χ1v) is 14.0. The van der Waals surface area contributed by atoms with E-state index in [0.29, 0.717) is 6.42 Å². The Kier molecular flexibility index (Phi) is 8.50. The molecule has 2 aromatic rings. The van der Waals surface area contributed by atoms with Gasteiger partial charge in [0.1, 0.15) is 6.10 Å². The Morgan fingerprint density at radius 2 is 1.62 bits per heavy atom. The lowest BCUT2D eigenvalue weighted by molar-refractivity contribution is -0.135. The Bertz CT molecular complexity index is 959. The SMILES string of the molecule is C=C(C)CCC[C@@H]1ON=C(C(=O)OCC)[C@H]1O[Si](c1ccccc1)(c1ccccc1)C(C)(C)C. The molecule has 2 aromatic carbocycles. The molecule has 0 radical (unpaired) electrons. The fourth-order valence-corrected chi connectivity index (χ4v) is 9.25. The predicted molar refractivity (Wildman–Crippen MR) is 140 cm³/mol. The smallest absolute Gasteiger partial charge is 0.358 e. The molecule has 2 atom stereocenters. The predicted octanol–water partition coefficient (Wildman–Crippen LogP) is 5.00. The van der Waals surface area contributed by atoms with Crippen LogP contribution < -0.4 is 10.4 Å². The Hall–Kier alpha value is -2.70. The van der Waals surface area contributed by atoms with Crippen LogP contribution in [0.4, 0.5) is 0 Å². The molecular weight excluding hydrogens is 442 g/mol. The molecule has 6 heteroatoms. The summed E-state index contributed by atoms with van der Waals surface area (Å²) in [6.45, 7) is 14.7. The molecule has 5 nitrogen and oxygen atoms in total. The molecule has 0 saturated heterocycles. The van der Waals surface area contributed by atoms with Crippen molar-refractivity contribution in [2.75, 3.05) is 6.61 Å². The van der Waals surface area contributed by atoms with Crippen LogP contribution in [0, 0.1) is 0 Å². The van der Waals surface area contributed by atoms with Crippen LogP contribution in [0.15, 0.2) is 78.0 Å². The number of carbonyl (C=O) groups is 1. The van der Waals surface area contributed by atoms with Gasteiger partial charge in [-0.25, -0.2) is 4.79 Å². The van der Waals surface area contributed by atoms with E-state index in [1.807, 2.05) is 43.3 Å². The minimum absolute atomic E-state index is 0.218. The number of carbonyl (C=O) groups excluding carboxylic acids is 1. The second-order valence-corrected chi connectivity index (χ2v) is 14.1. The maximum absolute atomic E-state index is 12.9. The summed E-state index contributed by atoms with van der Waals surface area (Å²) in [7, 11) is -2.91. The quantitative estimate of drug-likeness (QED) is 0.273. The zero-order chi connectivity index (χ0) is 24.8. The van der Waals surface area contributed by atoms with Crippen molar-refractivity contribution in [3.8, 4) is 0 Å². The van der Waals surface area contributed by atoms with Crippen LogP contribution in [0.2, 0.25) is 5.04 Å². The van der Waals surface area contributed by atoms with E-state index in [4.69, 9.17) is 14.0 Å². The van der Waals surface area contributed by atoms with Crippen molar-refractivity contribution >= 4 is 30.4 Å². The number of esters is 1. The number of hydrogen-bond donors (Lipinski definition) is 0. The average molecular weight is 480 g/mol. The molecule has 1 heterocycles. The van der Waals surface area contributed by atoms with Gasteiger partial charge in [-0.15, -0.1) is 6.58 Å². The number of hydrogen-bond acceptors (Lipinski definition) is 5. The van der Waals surface area contributed by atoms with Gasteiger partial charge in [0.2, 0.25) is 0 Å². The van der Waals surface area contributed by atoms with Crippen LogP contribution in [-0.4, -0.2) is 38.8 Å². The summed E-state index contributed by atoms with van der Waals surface area (Å²) in [5, 5.41) is 6.24. The molecule has 0 aromatic heterocycles. The van der Waals surface area contributed by atoms with E-state index in [9.17, 15) is 4.79 Å². The van der Waals surface area contributed by atoms with E-state index in [1.165, 1.54) is 0 Å². The van der Waals surface area contributed by atoms with Crippen molar-refractivity contribution in [3.05, 3.63) is 72.8 Å². The third kappa shape index (κ3) is 5.50. The maximum atomic E-state index is 12.9. The van der Waals surface area contributed by atoms with Crippen molar-refractivity contribution in [2.24, 2.45) is 5.16 Å². The highest BCUT2D eigenvalue weighted by molar-refractivity contribution is 6.99. The number of ether oxygens (including phenoxy) is 1. The van der Waals surface area contributed by atoms with Gasteiger partial charge in [0.15, 0.2) is 11.8 Å². The molecule has 0 N–H and O–H groups in total. The van der Waals surface area contributed by atoms with Crippen LogP contribution >= 0.6 is 0 Å². The van der Waals surface area contributed by atoms with Gasteiger partial charge in [-0.2, -0.15) is 0 Å². The Labute approximate surface area is 204 Å². The monoisotopic (exact) mass is 479 g/mol. The number of oxime groups is 1. The fourth-order valence-electron chi connectivity index (χ4n) is 4.59. The van der Waals surface area contributed by atoms with E-state index in [-0.39, 0.29) is 23.5 Å². The van der Waals surface area contributed by atoms with Gasteiger partial charge in [-0.1, -0.05) is 92.2 Å². The third-order valence-corrected chi connectivity index (χ3v) is 11.2. The van der Waals surface area contributed by atoms with E-state index in [1.54, 1.807) is 6.92 Å². The van der Waals surface area contributed by atoms with Gasteiger partial charge >= 0.3 is 5.97 Å². The van der Waals surface area contributed by atoms with Crippen molar-refractivity contribution in [3.63, 3.8) is 0 Å². The molecule has 3 rings (SSSR count). The Balaban J connectivity index is 2.11. The summed E-state index contributed by atoms with van der Waals surface area (Å²) in [6, 6.07) is 20.8. The van der Waals surface area contributed by atoms with E-state index >= 15 is 0 Å². The number of benzene rings is 2. The molecule has 0 bridgehead atoms. The van der Waals surface area contributed by atoms with Gasteiger partial charge < -0.3 is 14.0 Å². The van der Waals surface area contributed by atoms with Gasteiger partial charge in [0.25, 0.3) is 8.32 Å². The lowest BCUT2D eigenvalue weighted by Gasteiger charge is -2.45. The molecule has 0 fully saturated rings. The fraction of sp³-hybridized carbons (Fsp3) is 0.429. The number of allylic oxidation sites excluding steroid dienone is 1. The second kappa shape index (κ2) is 11.1. The molecule has 1 aliphatic heterocycles. The Morgan fingerprint density at radius 1 is 1.06 bits per heavy atom. The summed E-state index contributed by atoms with van der Waals surface area (Å²) in [5.41, 5.74) is 1.34. The molecule has 182 valence electrons. The van der Waals surface area contributed by atoms with Crippen molar-refractivity contribution in [1.29, 1.82) is 0 Å². The summed E-state index contributed by atoms with van der Waals surface area (Å²) >= 11 is 0. The molecule has 0 spiro atoms. The van der Waals surface area contributed by atoms with Crippen LogP contribution in [0.5, 0.6) is 0 Å². The second-order valence-electron chi connectivity index (χ2n) is 9.89. The van der Waals surface area contributed by atoms with Crippen molar-refractivity contribution < 1.29 is 18.8 Å². The Morgan fingerprint density at radius 3 is 2.09 bits per heavy atom. The van der Waals surface area contributed by atoms with E-state index in [2.05, 4.69) is 56.8 Å². The standard InChI is InChI=1S/C28H37NO4Si/c1-7-31-27(30)25-26(24(32-29-25)20-14-15-21(2)3)33-34(28(4,5)6,22-16-10-8-11-17-22)23-18-12-9-13-19-23/h8-13,16-19,24,26H,2,7,14-15,20H2,1,3-6H3/t24-,26-/m0/s1. The van der Waals surface area contributed by atoms with Gasteiger partial charge in [0, 0.05) is 0 Å². The largest absolute Gasteiger partial charge is 0.461 e. The average Bonchev–Trinajstić information content (AvgIpc) is 3.20. The van der Waals surface area contributed by atoms with E-state index in [0.717, 1.165) is 28.8 Å². The highest BCUT2D eigenvalue weighted by atomic mass is 28.4. The highest BCUT2D eigenvalue weighted by Crippen LogP contribution is 2.39. The minimum atomic E-state index is -2.91. The summed E-state index contributed by atoms with van der Waals surface area (Å²) in [6.07, 6.45) is 1.51. The zero-order valence-electron chi connectivity index (χ0n) is 21.0. The minimum Gasteiger partial charge on any atom is -0.461 e. The number of rotatable bonds is 10. The van der Waals surface area contributed by atoms with Gasteiger partial charge in [-0.3, -0.25) is 0 Å². The molecule has 0 unspecified atom stereocenters. The van der Waals surface area contributed by atoms with Gasteiger partial charge in [0.05, 0.1) is 6.61 Å². The van der Waals surface area contributed by atoms with Crippen LogP contribution in [0.25, 0.3) is 0 Å². The molecule has 1 aliphatic rings. The summed E-state index contributed by atoms with van der Waals surface area (Å²) in [4.78, 5) is 18.7. The normalized spacial score (nSPS) is 18.2. The summed E-state index contributed by atoms with van der Waals surface area (Å²) < 4.78 is 12.6. The first kappa shape index (κ1) is 25.9. The highest BCUT2D eigenvalue weighted by Gasteiger charge is 2.55. The summed E-state index contributed by atoms with van der Waals surface area (Å²) in [5.74, 6) is -0.479. The van der Waals surface area contributed by atoms with Crippen LogP contribution in [-0.2, 0) is 18.8 Å². The van der Waals surface area contributed by atoms with Crippen molar-refractivity contribution in [2.45, 2.75) is 71.1 Å². The van der Waals surface area contributed by atoms with Crippen LogP contribution in [0.3, 0.4) is 0 Å². The van der Waals surface area contributed by atoms with Crippen LogP contribution in [0.1, 0.15) is 53.9 Å². The number of nitrogens with zero attached hydrogens (tertiary/aromatic N) is 1. The first-order valence-electron chi connectivity index (χ1n) is 12.0. The maximum Gasteiger partial charge on any atom is 0.358 e. The molecule has 34 heavy (non-hydrogen) atoms. The lowest BCUT2D eigenvalue weighted by atomic mass is 10.0. The first-order chi connectivity index (χ1) is 16.2. The third-order valence-electron chi connectivity index (χ3n) is 6.19. The molecule has 0 aliphatic carbocycles.